The molecule has 2 amide bonds. The van der Waals surface area contributed by atoms with Crippen LogP contribution in [0.15, 0.2) is 18.5 Å². The molecular weight excluding hydrogens is 306 g/mol. The van der Waals surface area contributed by atoms with E-state index in [4.69, 9.17) is 4.74 Å². The standard InChI is InChI=1S/C17H27N5O2/c1-20(2)16(23)21-9-5-17(6-10-21)11-14(12-24-3)22(13-17)15-18-7-4-8-19-15/h4,7-8,14H,5-6,9-13H2,1-3H3/t14-/m1/s1. The van der Waals surface area contributed by atoms with Crippen molar-refractivity contribution in [2.24, 2.45) is 5.41 Å². The summed E-state index contributed by atoms with van der Waals surface area (Å²) in [5.74, 6) is 0.781. The van der Waals surface area contributed by atoms with E-state index >= 15 is 0 Å². The van der Waals surface area contributed by atoms with Crippen LogP contribution in [-0.4, -0.2) is 79.3 Å². The first-order valence-corrected chi connectivity index (χ1v) is 8.53. The lowest BCUT2D eigenvalue weighted by Gasteiger charge is -2.40. The number of ether oxygens (including phenoxy) is 1. The van der Waals surface area contributed by atoms with Gasteiger partial charge in [0.05, 0.1) is 12.6 Å². The molecule has 0 saturated carbocycles. The predicted octanol–water partition coefficient (Wildman–Crippen LogP) is 1.47. The maximum atomic E-state index is 12.2. The smallest absolute Gasteiger partial charge is 0.319 e. The van der Waals surface area contributed by atoms with Gasteiger partial charge in [0.25, 0.3) is 0 Å². The average Bonchev–Trinajstić information content (AvgIpc) is 2.94. The molecule has 7 nitrogen and oxygen atoms in total. The molecule has 1 aromatic rings. The van der Waals surface area contributed by atoms with Crippen LogP contribution in [0.2, 0.25) is 0 Å². The zero-order chi connectivity index (χ0) is 17.2. The van der Waals surface area contributed by atoms with Crippen LogP contribution in [0.5, 0.6) is 0 Å². The number of nitrogens with zero attached hydrogens (tertiary/aromatic N) is 5. The Balaban J connectivity index is 1.71. The van der Waals surface area contributed by atoms with E-state index < -0.39 is 0 Å². The largest absolute Gasteiger partial charge is 0.383 e. The van der Waals surface area contributed by atoms with E-state index in [-0.39, 0.29) is 11.4 Å². The second kappa shape index (κ2) is 6.93. The molecule has 0 N–H and O–H groups in total. The summed E-state index contributed by atoms with van der Waals surface area (Å²) in [5, 5.41) is 0. The lowest BCUT2D eigenvalue weighted by atomic mass is 9.76. The Morgan fingerprint density at radius 2 is 2.00 bits per heavy atom. The monoisotopic (exact) mass is 333 g/mol. The zero-order valence-corrected chi connectivity index (χ0v) is 14.8. The number of amides is 2. The molecule has 0 unspecified atom stereocenters. The first-order chi connectivity index (χ1) is 11.5. The molecular formula is C17H27N5O2. The minimum Gasteiger partial charge on any atom is -0.383 e. The van der Waals surface area contributed by atoms with Crippen molar-refractivity contribution in [3.05, 3.63) is 18.5 Å². The van der Waals surface area contributed by atoms with Crippen LogP contribution in [-0.2, 0) is 4.74 Å². The van der Waals surface area contributed by atoms with Gasteiger partial charge in [0.15, 0.2) is 0 Å². The Kier molecular flexibility index (Phi) is 4.89. The summed E-state index contributed by atoms with van der Waals surface area (Å²) in [6.07, 6.45) is 6.69. The molecule has 0 bridgehead atoms. The normalized spacial score (nSPS) is 22.9. The van der Waals surface area contributed by atoms with Crippen LogP contribution in [0.25, 0.3) is 0 Å². The molecule has 3 rings (SSSR count). The van der Waals surface area contributed by atoms with Crippen LogP contribution in [0.1, 0.15) is 19.3 Å². The van der Waals surface area contributed by atoms with Gasteiger partial charge in [-0.2, -0.15) is 0 Å². The Morgan fingerprint density at radius 3 is 2.58 bits per heavy atom. The minimum atomic E-state index is 0.111. The van der Waals surface area contributed by atoms with Gasteiger partial charge in [-0.1, -0.05) is 0 Å². The number of aromatic nitrogens is 2. The number of likely N-dealkylation sites (tertiary alicyclic amines) is 1. The highest BCUT2D eigenvalue weighted by Crippen LogP contribution is 2.44. The van der Waals surface area contributed by atoms with Crippen molar-refractivity contribution in [1.29, 1.82) is 0 Å². The minimum absolute atomic E-state index is 0.111. The number of hydrogen-bond donors (Lipinski definition) is 0. The van der Waals surface area contributed by atoms with Gasteiger partial charge in [0, 0.05) is 53.2 Å². The van der Waals surface area contributed by atoms with Gasteiger partial charge in [-0.3, -0.25) is 0 Å². The van der Waals surface area contributed by atoms with E-state index in [1.165, 1.54) is 0 Å². The number of rotatable bonds is 3. The third kappa shape index (κ3) is 3.31. The van der Waals surface area contributed by atoms with Crippen molar-refractivity contribution in [2.45, 2.75) is 25.3 Å². The third-order valence-electron chi connectivity index (χ3n) is 5.26. The Morgan fingerprint density at radius 1 is 1.33 bits per heavy atom. The number of methoxy groups -OCH3 is 1. The molecule has 7 heteroatoms. The Labute approximate surface area is 143 Å². The van der Waals surface area contributed by atoms with Gasteiger partial charge in [-0.05, 0) is 30.7 Å². The van der Waals surface area contributed by atoms with Gasteiger partial charge >= 0.3 is 6.03 Å². The molecule has 3 heterocycles. The van der Waals surface area contributed by atoms with Crippen molar-refractivity contribution in [2.75, 3.05) is 52.3 Å². The molecule has 2 aliphatic rings. The molecule has 1 atom stereocenters. The highest BCUT2D eigenvalue weighted by Gasteiger charge is 2.46. The summed E-state index contributed by atoms with van der Waals surface area (Å²) < 4.78 is 5.43. The first kappa shape index (κ1) is 17.0. The summed E-state index contributed by atoms with van der Waals surface area (Å²) >= 11 is 0. The molecule has 2 saturated heterocycles. The molecule has 1 aromatic heterocycles. The zero-order valence-electron chi connectivity index (χ0n) is 14.8. The second-order valence-corrected chi connectivity index (χ2v) is 7.15. The third-order valence-corrected chi connectivity index (χ3v) is 5.26. The molecule has 1 spiro atoms. The fourth-order valence-electron chi connectivity index (χ4n) is 4.00. The molecule has 2 aliphatic heterocycles. The SMILES string of the molecule is COC[C@H]1CC2(CCN(C(=O)N(C)C)CC2)CN1c1ncccn1. The summed E-state index contributed by atoms with van der Waals surface area (Å²) in [6.45, 7) is 3.26. The quantitative estimate of drug-likeness (QED) is 0.838. The fourth-order valence-corrected chi connectivity index (χ4v) is 4.00. The molecule has 132 valence electrons. The lowest BCUT2D eigenvalue weighted by molar-refractivity contribution is 0.108. The molecule has 24 heavy (non-hydrogen) atoms. The first-order valence-electron chi connectivity index (χ1n) is 8.53. The van der Waals surface area contributed by atoms with E-state index in [2.05, 4.69) is 14.9 Å². The van der Waals surface area contributed by atoms with E-state index in [0.717, 1.165) is 44.8 Å². The molecule has 0 radical (unpaired) electrons. The summed E-state index contributed by atoms with van der Waals surface area (Å²) in [7, 11) is 5.37. The average molecular weight is 333 g/mol. The Bertz CT molecular complexity index is 557. The van der Waals surface area contributed by atoms with E-state index in [1.54, 1.807) is 24.4 Å². The highest BCUT2D eigenvalue weighted by atomic mass is 16.5. The molecule has 2 fully saturated rings. The van der Waals surface area contributed by atoms with Crippen molar-refractivity contribution in [3.63, 3.8) is 0 Å². The van der Waals surface area contributed by atoms with Crippen LogP contribution in [0.4, 0.5) is 10.7 Å². The van der Waals surface area contributed by atoms with Gasteiger partial charge in [-0.25, -0.2) is 14.8 Å². The van der Waals surface area contributed by atoms with Crippen LogP contribution in [0.3, 0.4) is 0 Å². The van der Waals surface area contributed by atoms with Crippen molar-refractivity contribution >= 4 is 12.0 Å². The molecule has 0 aliphatic carbocycles. The van der Waals surface area contributed by atoms with E-state index in [1.807, 2.05) is 25.1 Å². The topological polar surface area (TPSA) is 61.8 Å². The molecule has 0 aromatic carbocycles. The highest BCUT2D eigenvalue weighted by molar-refractivity contribution is 5.73. The number of hydrogen-bond acceptors (Lipinski definition) is 5. The van der Waals surface area contributed by atoms with Gasteiger partial charge in [0.1, 0.15) is 0 Å². The van der Waals surface area contributed by atoms with E-state index in [0.29, 0.717) is 12.6 Å². The second-order valence-electron chi connectivity index (χ2n) is 7.15. The van der Waals surface area contributed by atoms with Gasteiger partial charge in [-0.15, -0.1) is 0 Å². The number of carbonyl (C=O) groups is 1. The number of urea groups is 1. The number of piperidine rings is 1. The maximum Gasteiger partial charge on any atom is 0.319 e. The summed E-state index contributed by atoms with van der Waals surface area (Å²) in [5.41, 5.74) is 0.228. The fraction of sp³-hybridized carbons (Fsp3) is 0.706. The van der Waals surface area contributed by atoms with Gasteiger partial charge in [0.2, 0.25) is 5.95 Å². The summed E-state index contributed by atoms with van der Waals surface area (Å²) in [6, 6.07) is 2.25. The van der Waals surface area contributed by atoms with E-state index in [9.17, 15) is 4.79 Å². The lowest BCUT2D eigenvalue weighted by Crippen LogP contribution is -2.47. The maximum absolute atomic E-state index is 12.2. The van der Waals surface area contributed by atoms with Crippen molar-refractivity contribution in [1.82, 2.24) is 19.8 Å². The van der Waals surface area contributed by atoms with Crippen LogP contribution >= 0.6 is 0 Å². The van der Waals surface area contributed by atoms with Crippen molar-refractivity contribution in [3.8, 4) is 0 Å². The number of anilines is 1. The van der Waals surface area contributed by atoms with Crippen LogP contribution in [0, 0.1) is 5.41 Å². The Hall–Kier alpha value is -1.89. The predicted molar refractivity (Wildman–Crippen MR) is 92.0 cm³/mol. The van der Waals surface area contributed by atoms with Crippen LogP contribution < -0.4 is 4.90 Å². The van der Waals surface area contributed by atoms with Gasteiger partial charge < -0.3 is 19.4 Å². The summed E-state index contributed by atoms with van der Waals surface area (Å²) in [4.78, 5) is 26.9. The van der Waals surface area contributed by atoms with Crippen molar-refractivity contribution < 1.29 is 9.53 Å². The number of carbonyl (C=O) groups excluding carboxylic acids is 1.